The highest BCUT2D eigenvalue weighted by Crippen LogP contribution is 2.26. The van der Waals surface area contributed by atoms with Crippen LogP contribution in [0.5, 0.6) is 0 Å². The Morgan fingerprint density at radius 1 is 0.906 bits per heavy atom. The van der Waals surface area contributed by atoms with Crippen molar-refractivity contribution < 1.29 is 19.2 Å². The maximum Gasteiger partial charge on any atom is 0.255 e. The summed E-state index contributed by atoms with van der Waals surface area (Å²) in [5, 5.41) is 2.83. The minimum Gasteiger partial charge on any atom is -0.338 e. The van der Waals surface area contributed by atoms with Gasteiger partial charge in [-0.25, -0.2) is 0 Å². The monoisotopic (exact) mass is 433 g/mol. The molecule has 2 aromatic rings. The quantitative estimate of drug-likeness (QED) is 0.745. The third-order valence-electron chi connectivity index (χ3n) is 5.98. The summed E-state index contributed by atoms with van der Waals surface area (Å²) in [6.45, 7) is 5.69. The summed E-state index contributed by atoms with van der Waals surface area (Å²) >= 11 is 0. The Bertz CT molecular complexity index is 1050. The number of carbonyl (C=O) groups is 4. The highest BCUT2D eigenvalue weighted by atomic mass is 16.2. The van der Waals surface area contributed by atoms with Crippen molar-refractivity contribution in [3.8, 4) is 0 Å². The van der Waals surface area contributed by atoms with Gasteiger partial charge < -0.3 is 10.2 Å². The summed E-state index contributed by atoms with van der Waals surface area (Å²) in [7, 11) is 0. The van der Waals surface area contributed by atoms with Gasteiger partial charge in [0.15, 0.2) is 0 Å². The molecule has 7 heteroatoms. The largest absolute Gasteiger partial charge is 0.338 e. The van der Waals surface area contributed by atoms with Crippen molar-refractivity contribution in [1.82, 2.24) is 4.90 Å². The van der Waals surface area contributed by atoms with Crippen LogP contribution in [0.25, 0.3) is 0 Å². The summed E-state index contributed by atoms with van der Waals surface area (Å²) in [6, 6.07) is 13.4. The van der Waals surface area contributed by atoms with Gasteiger partial charge in [-0.15, -0.1) is 0 Å². The normalized spacial score (nSPS) is 21.1. The van der Waals surface area contributed by atoms with E-state index in [4.69, 9.17) is 0 Å². The average molecular weight is 434 g/mol. The molecule has 2 aliphatic heterocycles. The molecule has 0 spiro atoms. The van der Waals surface area contributed by atoms with Crippen LogP contribution in [0.3, 0.4) is 0 Å². The lowest BCUT2D eigenvalue weighted by Gasteiger charge is -2.35. The van der Waals surface area contributed by atoms with Gasteiger partial charge in [-0.05, 0) is 48.6 Å². The third-order valence-corrected chi connectivity index (χ3v) is 5.98. The first-order chi connectivity index (χ1) is 15.3. The zero-order chi connectivity index (χ0) is 22.8. The lowest BCUT2D eigenvalue weighted by molar-refractivity contribution is -0.121. The van der Waals surface area contributed by atoms with E-state index in [1.807, 2.05) is 4.90 Å². The summed E-state index contributed by atoms with van der Waals surface area (Å²) in [5.74, 6) is -0.179. The van der Waals surface area contributed by atoms with Crippen molar-refractivity contribution in [1.29, 1.82) is 0 Å². The van der Waals surface area contributed by atoms with Gasteiger partial charge in [0.1, 0.15) is 0 Å². The number of hydrogen-bond donors (Lipinski definition) is 1. The second-order valence-corrected chi connectivity index (χ2v) is 8.83. The van der Waals surface area contributed by atoms with E-state index < -0.39 is 5.91 Å². The molecule has 7 nitrogen and oxygen atoms in total. The molecule has 0 aliphatic carbocycles. The predicted octanol–water partition coefficient (Wildman–Crippen LogP) is 3.71. The van der Waals surface area contributed by atoms with Crippen LogP contribution in [0, 0.1) is 11.8 Å². The summed E-state index contributed by atoms with van der Waals surface area (Å²) < 4.78 is 0. The molecular weight excluding hydrogens is 406 g/mol. The Morgan fingerprint density at radius 3 is 2.25 bits per heavy atom. The van der Waals surface area contributed by atoms with Gasteiger partial charge in [0.05, 0.1) is 16.9 Å². The fraction of sp³-hybridized carbons (Fsp3) is 0.360. The molecule has 4 amide bonds. The number of para-hydroxylation sites is 1. The van der Waals surface area contributed by atoms with Crippen LogP contribution >= 0.6 is 0 Å². The van der Waals surface area contributed by atoms with Crippen molar-refractivity contribution >= 4 is 35.0 Å². The van der Waals surface area contributed by atoms with Gasteiger partial charge in [-0.2, -0.15) is 0 Å². The van der Waals surface area contributed by atoms with Crippen LogP contribution in [0.1, 0.15) is 53.8 Å². The maximum atomic E-state index is 13.2. The van der Waals surface area contributed by atoms with E-state index >= 15 is 0 Å². The van der Waals surface area contributed by atoms with Gasteiger partial charge in [0.2, 0.25) is 11.8 Å². The molecule has 0 radical (unpaired) electrons. The van der Waals surface area contributed by atoms with E-state index in [-0.39, 0.29) is 30.6 Å². The zero-order valence-corrected chi connectivity index (χ0v) is 18.3. The molecular formula is C25H27N3O4. The maximum absolute atomic E-state index is 13.2. The first kappa shape index (κ1) is 21.7. The molecule has 2 atom stereocenters. The Labute approximate surface area is 187 Å². The molecule has 0 bridgehead atoms. The number of likely N-dealkylation sites (tertiary alicyclic amines) is 1. The molecule has 2 unspecified atom stereocenters. The van der Waals surface area contributed by atoms with E-state index in [9.17, 15) is 19.2 Å². The fourth-order valence-electron chi connectivity index (χ4n) is 4.62. The van der Waals surface area contributed by atoms with E-state index in [1.165, 1.54) is 6.07 Å². The van der Waals surface area contributed by atoms with Gasteiger partial charge in [0, 0.05) is 31.5 Å². The lowest BCUT2D eigenvalue weighted by Crippen LogP contribution is -2.42. The van der Waals surface area contributed by atoms with Crippen molar-refractivity contribution in [3.05, 3.63) is 59.7 Å². The molecule has 2 aliphatic rings. The predicted molar refractivity (Wildman–Crippen MR) is 121 cm³/mol. The topological polar surface area (TPSA) is 86.8 Å². The van der Waals surface area contributed by atoms with Crippen LogP contribution in [0.2, 0.25) is 0 Å². The van der Waals surface area contributed by atoms with Crippen LogP contribution < -0.4 is 10.2 Å². The second-order valence-electron chi connectivity index (χ2n) is 8.83. The molecule has 32 heavy (non-hydrogen) atoms. The Hall–Kier alpha value is -3.48. The highest BCUT2D eigenvalue weighted by Gasteiger charge is 2.31. The molecule has 2 aromatic carbocycles. The Morgan fingerprint density at radius 2 is 1.56 bits per heavy atom. The van der Waals surface area contributed by atoms with Crippen molar-refractivity contribution in [2.75, 3.05) is 23.3 Å². The Balaban J connectivity index is 1.55. The summed E-state index contributed by atoms with van der Waals surface area (Å²) in [6.07, 6.45) is 1.46. The number of nitrogens with one attached hydrogen (secondary N) is 1. The molecule has 2 saturated heterocycles. The molecule has 1 N–H and O–H groups in total. The SMILES string of the molecule is CC1CC(C)CN(C(=O)c2ccccc2NC(=O)c2cccc(N3C(=O)CCC3=O)c2)C1. The third kappa shape index (κ3) is 4.42. The first-order valence-corrected chi connectivity index (χ1v) is 11.0. The minimum atomic E-state index is -0.411. The average Bonchev–Trinajstić information content (AvgIpc) is 3.11. The summed E-state index contributed by atoms with van der Waals surface area (Å²) in [4.78, 5) is 53.2. The smallest absolute Gasteiger partial charge is 0.255 e. The molecule has 2 heterocycles. The molecule has 0 saturated carbocycles. The van der Waals surface area contributed by atoms with E-state index in [0.29, 0.717) is 47.4 Å². The molecule has 2 fully saturated rings. The number of anilines is 2. The van der Waals surface area contributed by atoms with Crippen molar-refractivity contribution in [2.45, 2.75) is 33.1 Å². The van der Waals surface area contributed by atoms with Gasteiger partial charge in [-0.1, -0.05) is 32.0 Å². The van der Waals surface area contributed by atoms with Gasteiger partial charge in [0.25, 0.3) is 11.8 Å². The highest BCUT2D eigenvalue weighted by molar-refractivity contribution is 6.20. The molecule has 0 aromatic heterocycles. The number of carbonyl (C=O) groups excluding carboxylic acids is 4. The first-order valence-electron chi connectivity index (χ1n) is 11.0. The number of piperidine rings is 1. The number of benzene rings is 2. The minimum absolute atomic E-state index is 0.0960. The number of rotatable bonds is 4. The zero-order valence-electron chi connectivity index (χ0n) is 18.3. The Kier molecular flexibility index (Phi) is 6.08. The fourth-order valence-corrected chi connectivity index (χ4v) is 4.62. The molecule has 4 rings (SSSR count). The number of imide groups is 1. The van der Waals surface area contributed by atoms with E-state index in [1.54, 1.807) is 42.5 Å². The van der Waals surface area contributed by atoms with E-state index in [2.05, 4.69) is 19.2 Å². The molecule has 166 valence electrons. The van der Waals surface area contributed by atoms with Crippen LogP contribution in [0.15, 0.2) is 48.5 Å². The lowest BCUT2D eigenvalue weighted by atomic mass is 9.91. The standard InChI is InChI=1S/C25H27N3O4/c1-16-12-17(2)15-27(14-16)25(32)20-8-3-4-9-21(20)26-24(31)18-6-5-7-19(13-18)28-22(29)10-11-23(28)30/h3-9,13,16-17H,10-12,14-15H2,1-2H3,(H,26,31). The van der Waals surface area contributed by atoms with Gasteiger partial charge in [-0.3, -0.25) is 24.1 Å². The number of amides is 4. The van der Waals surface area contributed by atoms with E-state index in [0.717, 1.165) is 11.3 Å². The summed E-state index contributed by atoms with van der Waals surface area (Å²) in [5.41, 5.74) is 1.57. The van der Waals surface area contributed by atoms with Gasteiger partial charge >= 0.3 is 0 Å². The van der Waals surface area contributed by atoms with Crippen LogP contribution in [-0.4, -0.2) is 41.6 Å². The van der Waals surface area contributed by atoms with Crippen molar-refractivity contribution in [3.63, 3.8) is 0 Å². The van der Waals surface area contributed by atoms with Crippen molar-refractivity contribution in [2.24, 2.45) is 11.8 Å². The number of nitrogens with zero attached hydrogens (tertiary/aromatic N) is 2. The van der Waals surface area contributed by atoms with Crippen LogP contribution in [-0.2, 0) is 9.59 Å². The van der Waals surface area contributed by atoms with Crippen LogP contribution in [0.4, 0.5) is 11.4 Å². The number of hydrogen-bond acceptors (Lipinski definition) is 4. The second kappa shape index (κ2) is 8.94.